The summed E-state index contributed by atoms with van der Waals surface area (Å²) >= 11 is 0. The van der Waals surface area contributed by atoms with E-state index in [1.165, 1.54) is 38.8 Å². The van der Waals surface area contributed by atoms with Gasteiger partial charge in [0.1, 0.15) is 0 Å². The van der Waals surface area contributed by atoms with Crippen molar-refractivity contribution in [2.75, 3.05) is 33.4 Å². The molecule has 2 rings (SSSR count). The maximum absolute atomic E-state index is 5.71. The van der Waals surface area contributed by atoms with Gasteiger partial charge in [-0.2, -0.15) is 0 Å². The average molecular weight is 212 g/mol. The summed E-state index contributed by atoms with van der Waals surface area (Å²) in [4.78, 5) is 2.63. The maximum Gasteiger partial charge on any atom is 0.0620 e. The van der Waals surface area contributed by atoms with Gasteiger partial charge in [0.2, 0.25) is 0 Å². The fraction of sp³-hybridized carbons (Fsp3) is 1.00. The van der Waals surface area contributed by atoms with Crippen LogP contribution in [0, 0.1) is 11.8 Å². The normalized spacial score (nSPS) is 26.8. The molecule has 15 heavy (non-hydrogen) atoms. The number of methoxy groups -OCH3 is 1. The van der Waals surface area contributed by atoms with Gasteiger partial charge in [-0.15, -0.1) is 0 Å². The van der Waals surface area contributed by atoms with Gasteiger partial charge in [-0.05, 0) is 57.2 Å². The summed E-state index contributed by atoms with van der Waals surface area (Å²) < 4.78 is 5.35. The van der Waals surface area contributed by atoms with Crippen molar-refractivity contribution in [1.29, 1.82) is 0 Å². The molecule has 1 aliphatic heterocycles. The van der Waals surface area contributed by atoms with Crippen LogP contribution < -0.4 is 5.73 Å². The van der Waals surface area contributed by atoms with Gasteiger partial charge in [0.15, 0.2) is 0 Å². The smallest absolute Gasteiger partial charge is 0.0620 e. The highest BCUT2D eigenvalue weighted by Gasteiger charge is 2.36. The number of hydrogen-bond acceptors (Lipinski definition) is 3. The fourth-order valence-corrected chi connectivity index (χ4v) is 2.71. The minimum Gasteiger partial charge on any atom is -0.383 e. The predicted octanol–water partition coefficient (Wildman–Crippen LogP) is 1.08. The van der Waals surface area contributed by atoms with Gasteiger partial charge < -0.3 is 10.5 Å². The van der Waals surface area contributed by atoms with E-state index >= 15 is 0 Å². The molecule has 3 nitrogen and oxygen atoms in total. The van der Waals surface area contributed by atoms with Crippen molar-refractivity contribution in [3.63, 3.8) is 0 Å². The Bertz CT molecular complexity index is 186. The van der Waals surface area contributed by atoms with Gasteiger partial charge in [0.25, 0.3) is 0 Å². The first-order valence-corrected chi connectivity index (χ1v) is 6.28. The minimum absolute atomic E-state index is 0.689. The maximum atomic E-state index is 5.71. The van der Waals surface area contributed by atoms with E-state index in [0.717, 1.165) is 25.0 Å². The lowest BCUT2D eigenvalue weighted by Gasteiger charge is -2.37. The van der Waals surface area contributed by atoms with E-state index < -0.39 is 0 Å². The molecule has 3 heteroatoms. The van der Waals surface area contributed by atoms with Gasteiger partial charge in [-0.1, -0.05) is 0 Å². The van der Waals surface area contributed by atoms with Crippen LogP contribution in [0.3, 0.4) is 0 Å². The Balaban J connectivity index is 1.81. The highest BCUT2D eigenvalue weighted by Crippen LogP contribution is 2.36. The summed E-state index contributed by atoms with van der Waals surface area (Å²) in [6.45, 7) is 4.24. The third kappa shape index (κ3) is 2.92. The first-order chi connectivity index (χ1) is 7.35. The number of piperidine rings is 1. The number of rotatable bonds is 5. The third-order valence-corrected chi connectivity index (χ3v) is 3.96. The Hall–Kier alpha value is -0.120. The number of likely N-dealkylation sites (tertiary alicyclic amines) is 1. The molecule has 2 N–H and O–H groups in total. The zero-order valence-electron chi connectivity index (χ0n) is 9.82. The number of nitrogens with two attached hydrogens (primary N) is 1. The zero-order valence-corrected chi connectivity index (χ0v) is 9.82. The predicted molar refractivity (Wildman–Crippen MR) is 61.7 cm³/mol. The van der Waals surface area contributed by atoms with E-state index in [1.807, 2.05) is 7.11 Å². The van der Waals surface area contributed by atoms with E-state index in [-0.39, 0.29) is 0 Å². The number of nitrogens with zero attached hydrogens (tertiary/aromatic N) is 1. The molecule has 1 saturated carbocycles. The van der Waals surface area contributed by atoms with Crippen LogP contribution in [-0.4, -0.2) is 44.3 Å². The molecule has 0 spiro atoms. The van der Waals surface area contributed by atoms with Crippen molar-refractivity contribution in [3.8, 4) is 0 Å². The van der Waals surface area contributed by atoms with E-state index in [0.29, 0.717) is 6.04 Å². The molecule has 2 aliphatic rings. The summed E-state index contributed by atoms with van der Waals surface area (Å²) in [5, 5.41) is 0. The third-order valence-electron chi connectivity index (χ3n) is 3.96. The SMILES string of the molecule is COCC(C1CC1)N1CCC(CN)CC1. The molecule has 1 unspecified atom stereocenters. The molecule has 88 valence electrons. The van der Waals surface area contributed by atoms with E-state index in [4.69, 9.17) is 10.5 Å². The first kappa shape index (κ1) is 11.4. The minimum atomic E-state index is 0.689. The molecule has 1 atom stereocenters. The molecule has 1 heterocycles. The zero-order chi connectivity index (χ0) is 10.7. The number of hydrogen-bond donors (Lipinski definition) is 1. The second kappa shape index (κ2) is 5.28. The van der Waals surface area contributed by atoms with E-state index in [1.54, 1.807) is 0 Å². The Labute approximate surface area is 93.0 Å². The highest BCUT2D eigenvalue weighted by atomic mass is 16.5. The Morgan fingerprint density at radius 1 is 1.27 bits per heavy atom. The summed E-state index contributed by atoms with van der Waals surface area (Å²) in [6.07, 6.45) is 5.38. The van der Waals surface area contributed by atoms with Crippen molar-refractivity contribution in [2.24, 2.45) is 17.6 Å². The lowest BCUT2D eigenvalue weighted by molar-refractivity contribution is 0.0546. The number of ether oxygens (including phenoxy) is 1. The Morgan fingerprint density at radius 3 is 2.40 bits per heavy atom. The topological polar surface area (TPSA) is 38.5 Å². The summed E-state index contributed by atoms with van der Waals surface area (Å²) in [6, 6.07) is 0.689. The van der Waals surface area contributed by atoms with Gasteiger partial charge in [0.05, 0.1) is 6.61 Å². The molecular weight excluding hydrogens is 188 g/mol. The average Bonchev–Trinajstić information content (AvgIpc) is 3.10. The second-order valence-electron chi connectivity index (χ2n) is 5.08. The van der Waals surface area contributed by atoms with Gasteiger partial charge >= 0.3 is 0 Å². The summed E-state index contributed by atoms with van der Waals surface area (Å²) in [5.74, 6) is 1.68. The Morgan fingerprint density at radius 2 is 1.93 bits per heavy atom. The molecule has 0 radical (unpaired) electrons. The van der Waals surface area contributed by atoms with Crippen molar-refractivity contribution in [2.45, 2.75) is 31.7 Å². The molecule has 0 aromatic heterocycles. The summed E-state index contributed by atoms with van der Waals surface area (Å²) in [5.41, 5.74) is 5.71. The van der Waals surface area contributed by atoms with Crippen LogP contribution in [0.15, 0.2) is 0 Å². The lowest BCUT2D eigenvalue weighted by atomic mass is 9.95. The molecule has 0 amide bonds. The molecular formula is C12H24N2O. The van der Waals surface area contributed by atoms with Crippen LogP contribution in [-0.2, 0) is 4.74 Å². The molecule has 2 fully saturated rings. The molecule has 0 aromatic carbocycles. The second-order valence-corrected chi connectivity index (χ2v) is 5.08. The monoisotopic (exact) mass is 212 g/mol. The van der Waals surface area contributed by atoms with Crippen molar-refractivity contribution in [3.05, 3.63) is 0 Å². The summed E-state index contributed by atoms with van der Waals surface area (Å²) in [7, 11) is 1.82. The van der Waals surface area contributed by atoms with Crippen LogP contribution in [0.2, 0.25) is 0 Å². The molecule has 0 bridgehead atoms. The molecule has 0 aromatic rings. The lowest BCUT2D eigenvalue weighted by Crippen LogP contribution is -2.45. The largest absolute Gasteiger partial charge is 0.383 e. The van der Waals surface area contributed by atoms with Crippen LogP contribution >= 0.6 is 0 Å². The van der Waals surface area contributed by atoms with Crippen LogP contribution in [0.5, 0.6) is 0 Å². The van der Waals surface area contributed by atoms with Gasteiger partial charge in [0, 0.05) is 13.2 Å². The van der Waals surface area contributed by atoms with E-state index in [2.05, 4.69) is 4.90 Å². The van der Waals surface area contributed by atoms with Crippen molar-refractivity contribution >= 4 is 0 Å². The van der Waals surface area contributed by atoms with Gasteiger partial charge in [-0.25, -0.2) is 0 Å². The fourth-order valence-electron chi connectivity index (χ4n) is 2.71. The quantitative estimate of drug-likeness (QED) is 0.741. The van der Waals surface area contributed by atoms with Gasteiger partial charge in [-0.3, -0.25) is 4.90 Å². The molecule has 1 aliphatic carbocycles. The Kier molecular flexibility index (Phi) is 4.00. The van der Waals surface area contributed by atoms with Crippen LogP contribution in [0.4, 0.5) is 0 Å². The standard InChI is InChI=1S/C12H24N2O/c1-15-9-12(11-2-3-11)14-6-4-10(8-13)5-7-14/h10-12H,2-9,13H2,1H3. The van der Waals surface area contributed by atoms with E-state index in [9.17, 15) is 0 Å². The van der Waals surface area contributed by atoms with Crippen molar-refractivity contribution < 1.29 is 4.74 Å². The molecule has 1 saturated heterocycles. The van der Waals surface area contributed by atoms with Crippen LogP contribution in [0.25, 0.3) is 0 Å². The first-order valence-electron chi connectivity index (χ1n) is 6.28. The highest BCUT2D eigenvalue weighted by molar-refractivity contribution is 4.90. The van der Waals surface area contributed by atoms with Crippen molar-refractivity contribution in [1.82, 2.24) is 4.90 Å². The van der Waals surface area contributed by atoms with Crippen LogP contribution in [0.1, 0.15) is 25.7 Å².